The van der Waals surface area contributed by atoms with Gasteiger partial charge in [-0.05, 0) is 49.5 Å². The van der Waals surface area contributed by atoms with Crippen LogP contribution in [0.25, 0.3) is 0 Å². The van der Waals surface area contributed by atoms with Crippen LogP contribution in [0.2, 0.25) is 0 Å². The summed E-state index contributed by atoms with van der Waals surface area (Å²) < 4.78 is 0. The molecule has 86 valence electrons. The van der Waals surface area contributed by atoms with Gasteiger partial charge >= 0.3 is 0 Å². The fourth-order valence-corrected chi connectivity index (χ4v) is 5.40. The Morgan fingerprint density at radius 2 is 1.73 bits per heavy atom. The van der Waals surface area contributed by atoms with Gasteiger partial charge in [0.2, 0.25) is 0 Å². The van der Waals surface area contributed by atoms with E-state index in [9.17, 15) is 0 Å². The Bertz CT molecular complexity index is 283. The molecule has 0 aromatic carbocycles. The van der Waals surface area contributed by atoms with E-state index in [0.717, 1.165) is 0 Å². The largest absolute Gasteiger partial charge is 0.297 e. The molecule has 2 unspecified atom stereocenters. The molecule has 1 spiro atoms. The summed E-state index contributed by atoms with van der Waals surface area (Å²) in [7, 11) is 0. The van der Waals surface area contributed by atoms with Crippen LogP contribution in [0.4, 0.5) is 0 Å². The van der Waals surface area contributed by atoms with Crippen molar-refractivity contribution >= 4 is 0 Å². The van der Waals surface area contributed by atoms with Crippen LogP contribution in [-0.4, -0.2) is 23.5 Å². The highest BCUT2D eigenvalue weighted by Crippen LogP contribution is 2.60. The molecule has 0 aromatic heterocycles. The van der Waals surface area contributed by atoms with Crippen molar-refractivity contribution in [2.75, 3.05) is 13.1 Å². The minimum absolute atomic E-state index is 0.582. The first-order valence-electron chi connectivity index (χ1n) is 6.68. The number of piperidine rings is 1. The van der Waals surface area contributed by atoms with Crippen molar-refractivity contribution in [3.63, 3.8) is 0 Å². The molecule has 1 nitrogen and oxygen atoms in total. The zero-order valence-corrected chi connectivity index (χ0v) is 10.6. The summed E-state index contributed by atoms with van der Waals surface area (Å²) >= 11 is 0. The lowest BCUT2D eigenvalue weighted by Crippen LogP contribution is -2.50. The van der Waals surface area contributed by atoms with E-state index < -0.39 is 0 Å². The van der Waals surface area contributed by atoms with E-state index >= 15 is 0 Å². The lowest BCUT2D eigenvalue weighted by atomic mass is 9.59. The van der Waals surface area contributed by atoms with E-state index in [2.05, 4.69) is 25.7 Å². The van der Waals surface area contributed by atoms with Gasteiger partial charge < -0.3 is 0 Å². The third kappa shape index (κ3) is 1.46. The van der Waals surface area contributed by atoms with Gasteiger partial charge in [-0.2, -0.15) is 0 Å². The molecule has 2 saturated heterocycles. The maximum atomic E-state index is 2.85. The monoisotopic (exact) mass is 207 g/mol. The Labute approximate surface area is 94.2 Å². The van der Waals surface area contributed by atoms with Gasteiger partial charge in [-0.25, -0.2) is 0 Å². The van der Waals surface area contributed by atoms with Crippen molar-refractivity contribution < 1.29 is 0 Å². The average molecular weight is 207 g/mol. The smallest absolute Gasteiger partial charge is 0.0220 e. The molecule has 0 radical (unpaired) electrons. The summed E-state index contributed by atoms with van der Waals surface area (Å²) in [6.45, 7) is 10.3. The summed E-state index contributed by atoms with van der Waals surface area (Å²) in [4.78, 5) is 2.85. The van der Waals surface area contributed by atoms with E-state index in [1.165, 1.54) is 51.6 Å². The van der Waals surface area contributed by atoms with Crippen molar-refractivity contribution in [1.29, 1.82) is 0 Å². The summed E-state index contributed by atoms with van der Waals surface area (Å²) in [5, 5.41) is 0. The Hall–Kier alpha value is -0.0400. The van der Waals surface area contributed by atoms with Crippen LogP contribution in [0.1, 0.15) is 59.3 Å². The predicted octanol–water partition coefficient (Wildman–Crippen LogP) is 3.44. The zero-order valence-electron chi connectivity index (χ0n) is 10.6. The van der Waals surface area contributed by atoms with E-state index in [0.29, 0.717) is 16.4 Å². The third-order valence-electron chi connectivity index (χ3n) is 5.03. The number of hydrogen-bond donors (Lipinski definition) is 0. The molecule has 2 bridgehead atoms. The van der Waals surface area contributed by atoms with E-state index in [4.69, 9.17) is 0 Å². The number of nitrogens with zero attached hydrogens (tertiary/aromatic N) is 1. The van der Waals surface area contributed by atoms with Crippen LogP contribution < -0.4 is 0 Å². The van der Waals surface area contributed by atoms with Crippen LogP contribution in [0.3, 0.4) is 0 Å². The van der Waals surface area contributed by atoms with E-state index in [1.54, 1.807) is 0 Å². The summed E-state index contributed by atoms with van der Waals surface area (Å²) in [5.74, 6) is 0. The highest BCUT2D eigenvalue weighted by Gasteiger charge is 2.58. The SMILES string of the molecule is CC1(C)CC2(C)CN3CCCCC3(C1)C2. The molecular weight excluding hydrogens is 182 g/mol. The van der Waals surface area contributed by atoms with Crippen molar-refractivity contribution in [3.05, 3.63) is 0 Å². The topological polar surface area (TPSA) is 3.24 Å². The zero-order chi connectivity index (χ0) is 10.7. The average Bonchev–Trinajstić information content (AvgIpc) is 2.27. The molecular formula is C14H25N. The van der Waals surface area contributed by atoms with Crippen LogP contribution in [0.15, 0.2) is 0 Å². The van der Waals surface area contributed by atoms with Crippen molar-refractivity contribution in [3.8, 4) is 0 Å². The third-order valence-corrected chi connectivity index (χ3v) is 5.03. The fourth-order valence-electron chi connectivity index (χ4n) is 5.40. The number of fused-ring (bicyclic) bond motifs is 1. The molecule has 2 aliphatic heterocycles. The second-order valence-corrected chi connectivity index (χ2v) is 7.61. The van der Waals surface area contributed by atoms with Gasteiger partial charge in [0, 0.05) is 12.1 Å². The Balaban J connectivity index is 1.97. The minimum atomic E-state index is 0.582. The van der Waals surface area contributed by atoms with Gasteiger partial charge in [-0.3, -0.25) is 4.90 Å². The molecule has 3 fully saturated rings. The molecule has 3 rings (SSSR count). The first-order chi connectivity index (χ1) is 6.93. The van der Waals surface area contributed by atoms with Gasteiger partial charge in [0.25, 0.3) is 0 Å². The lowest BCUT2D eigenvalue weighted by molar-refractivity contribution is 0.0253. The minimum Gasteiger partial charge on any atom is -0.297 e. The number of hydrogen-bond acceptors (Lipinski definition) is 1. The molecule has 1 heteroatoms. The molecule has 2 atom stereocenters. The molecule has 2 heterocycles. The lowest BCUT2D eigenvalue weighted by Gasteiger charge is -2.50. The fraction of sp³-hybridized carbons (Fsp3) is 1.00. The highest BCUT2D eigenvalue weighted by atomic mass is 15.2. The molecule has 0 amide bonds. The Kier molecular flexibility index (Phi) is 1.89. The maximum absolute atomic E-state index is 2.85. The van der Waals surface area contributed by atoms with E-state index in [1.807, 2.05) is 0 Å². The van der Waals surface area contributed by atoms with Gasteiger partial charge in [-0.1, -0.05) is 27.2 Å². The summed E-state index contributed by atoms with van der Waals surface area (Å²) in [5.41, 5.74) is 1.83. The summed E-state index contributed by atoms with van der Waals surface area (Å²) in [6, 6.07) is 0. The summed E-state index contributed by atoms with van der Waals surface area (Å²) in [6.07, 6.45) is 8.78. The second kappa shape index (κ2) is 2.80. The van der Waals surface area contributed by atoms with E-state index in [-0.39, 0.29) is 0 Å². The molecule has 1 saturated carbocycles. The van der Waals surface area contributed by atoms with Crippen molar-refractivity contribution in [2.45, 2.75) is 64.8 Å². The van der Waals surface area contributed by atoms with Gasteiger partial charge in [0.15, 0.2) is 0 Å². The normalized spacial score (nSPS) is 49.0. The first-order valence-corrected chi connectivity index (χ1v) is 6.68. The molecule has 0 N–H and O–H groups in total. The molecule has 15 heavy (non-hydrogen) atoms. The predicted molar refractivity (Wildman–Crippen MR) is 63.9 cm³/mol. The molecule has 3 aliphatic rings. The van der Waals surface area contributed by atoms with Crippen LogP contribution in [-0.2, 0) is 0 Å². The highest BCUT2D eigenvalue weighted by molar-refractivity contribution is 5.12. The van der Waals surface area contributed by atoms with Crippen molar-refractivity contribution in [2.24, 2.45) is 10.8 Å². The first kappa shape index (κ1) is 10.1. The van der Waals surface area contributed by atoms with Crippen LogP contribution in [0, 0.1) is 10.8 Å². The molecule has 1 aliphatic carbocycles. The van der Waals surface area contributed by atoms with Gasteiger partial charge in [0.1, 0.15) is 0 Å². The Morgan fingerprint density at radius 1 is 0.933 bits per heavy atom. The number of rotatable bonds is 0. The quantitative estimate of drug-likeness (QED) is 0.588. The second-order valence-electron chi connectivity index (χ2n) is 7.61. The maximum Gasteiger partial charge on any atom is 0.0220 e. The molecule has 0 aromatic rings. The van der Waals surface area contributed by atoms with Gasteiger partial charge in [0.05, 0.1) is 0 Å². The standard InChI is InChI=1S/C14H25N/c1-12(2)8-13(3)10-14(9-12)6-4-5-7-15(14)11-13/h4-11H2,1-3H3. The van der Waals surface area contributed by atoms with Crippen LogP contribution in [0.5, 0.6) is 0 Å². The van der Waals surface area contributed by atoms with Gasteiger partial charge in [-0.15, -0.1) is 0 Å². The Morgan fingerprint density at radius 3 is 2.53 bits per heavy atom. The van der Waals surface area contributed by atoms with Crippen molar-refractivity contribution in [1.82, 2.24) is 4.90 Å². The van der Waals surface area contributed by atoms with Crippen LogP contribution >= 0.6 is 0 Å².